The Morgan fingerprint density at radius 3 is 2.94 bits per heavy atom. The van der Waals surface area contributed by atoms with Crippen LogP contribution >= 0.6 is 23.2 Å². The van der Waals surface area contributed by atoms with Gasteiger partial charge in [-0.3, -0.25) is 0 Å². The normalized spacial score (nSPS) is 28.3. The van der Waals surface area contributed by atoms with E-state index in [1.54, 1.807) is 0 Å². The Balaban J connectivity index is 1.98. The van der Waals surface area contributed by atoms with Gasteiger partial charge in [-0.2, -0.15) is 0 Å². The van der Waals surface area contributed by atoms with E-state index >= 15 is 0 Å². The molecule has 3 heteroatoms. The van der Waals surface area contributed by atoms with Crippen LogP contribution in [0.2, 0.25) is 5.02 Å². The minimum atomic E-state index is 0.113. The zero-order valence-electron chi connectivity index (χ0n) is 10.9. The van der Waals surface area contributed by atoms with Gasteiger partial charge in [-0.15, -0.1) is 11.6 Å². The molecule has 18 heavy (non-hydrogen) atoms. The standard InChI is InChI=1S/C15H21Cl2N/c1-12-4-3-7-15(9-12,11-16)18-10-13-5-2-6-14(17)8-13/h2,5-6,8,12,18H,3-4,7,9-11H2,1H3. The molecule has 0 heterocycles. The van der Waals surface area contributed by atoms with E-state index in [1.807, 2.05) is 18.2 Å². The third kappa shape index (κ3) is 3.63. The lowest BCUT2D eigenvalue weighted by molar-refractivity contribution is 0.207. The van der Waals surface area contributed by atoms with Crippen molar-refractivity contribution in [3.63, 3.8) is 0 Å². The number of hydrogen-bond acceptors (Lipinski definition) is 1. The van der Waals surface area contributed by atoms with Crippen molar-refractivity contribution in [2.24, 2.45) is 5.92 Å². The van der Waals surface area contributed by atoms with Crippen LogP contribution in [0, 0.1) is 5.92 Å². The molecule has 0 amide bonds. The molecule has 2 unspecified atom stereocenters. The summed E-state index contributed by atoms with van der Waals surface area (Å²) in [5, 5.41) is 4.47. The Hall–Kier alpha value is -0.240. The SMILES string of the molecule is CC1CCCC(CCl)(NCc2cccc(Cl)c2)C1. The lowest BCUT2D eigenvalue weighted by Crippen LogP contribution is -2.49. The van der Waals surface area contributed by atoms with E-state index < -0.39 is 0 Å². The second-order valence-electron chi connectivity index (χ2n) is 5.60. The third-order valence-electron chi connectivity index (χ3n) is 3.90. The van der Waals surface area contributed by atoms with Gasteiger partial charge in [0.15, 0.2) is 0 Å². The fourth-order valence-electron chi connectivity index (χ4n) is 2.93. The van der Waals surface area contributed by atoms with Crippen LogP contribution in [0.25, 0.3) is 0 Å². The van der Waals surface area contributed by atoms with Crippen LogP contribution in [-0.2, 0) is 6.54 Å². The highest BCUT2D eigenvalue weighted by Crippen LogP contribution is 2.33. The molecule has 0 bridgehead atoms. The zero-order valence-corrected chi connectivity index (χ0v) is 12.4. The van der Waals surface area contributed by atoms with Crippen molar-refractivity contribution in [1.82, 2.24) is 5.32 Å². The molecule has 0 aromatic heterocycles. The van der Waals surface area contributed by atoms with E-state index in [9.17, 15) is 0 Å². The van der Waals surface area contributed by atoms with Crippen LogP contribution in [0.5, 0.6) is 0 Å². The quantitative estimate of drug-likeness (QED) is 0.796. The lowest BCUT2D eigenvalue weighted by atomic mass is 9.77. The molecule has 0 saturated heterocycles. The van der Waals surface area contributed by atoms with Gasteiger partial charge in [0.2, 0.25) is 0 Å². The van der Waals surface area contributed by atoms with Crippen molar-refractivity contribution in [1.29, 1.82) is 0 Å². The van der Waals surface area contributed by atoms with Gasteiger partial charge in [-0.25, -0.2) is 0 Å². The van der Waals surface area contributed by atoms with Gasteiger partial charge in [0.1, 0.15) is 0 Å². The Morgan fingerprint density at radius 1 is 1.44 bits per heavy atom. The average Bonchev–Trinajstić information content (AvgIpc) is 2.37. The summed E-state index contributed by atoms with van der Waals surface area (Å²) in [6, 6.07) is 8.02. The minimum absolute atomic E-state index is 0.113. The van der Waals surface area contributed by atoms with Gasteiger partial charge in [0, 0.05) is 23.0 Å². The van der Waals surface area contributed by atoms with E-state index in [2.05, 4.69) is 18.3 Å². The summed E-state index contributed by atoms with van der Waals surface area (Å²) in [5.41, 5.74) is 1.34. The van der Waals surface area contributed by atoms with E-state index in [-0.39, 0.29) is 5.54 Å². The third-order valence-corrected chi connectivity index (χ3v) is 4.65. The summed E-state index contributed by atoms with van der Waals surface area (Å²) >= 11 is 12.2. The van der Waals surface area contributed by atoms with Crippen LogP contribution in [0.1, 0.15) is 38.2 Å². The molecule has 1 aliphatic carbocycles. The fraction of sp³-hybridized carbons (Fsp3) is 0.600. The van der Waals surface area contributed by atoms with Crippen molar-refractivity contribution in [3.8, 4) is 0 Å². The van der Waals surface area contributed by atoms with Crippen LogP contribution in [-0.4, -0.2) is 11.4 Å². The van der Waals surface area contributed by atoms with Crippen LogP contribution in [0.4, 0.5) is 0 Å². The molecule has 100 valence electrons. The fourth-order valence-corrected chi connectivity index (χ4v) is 3.48. The average molecular weight is 286 g/mol. The van der Waals surface area contributed by atoms with E-state index in [1.165, 1.54) is 31.2 Å². The van der Waals surface area contributed by atoms with Crippen molar-refractivity contribution >= 4 is 23.2 Å². The van der Waals surface area contributed by atoms with Crippen molar-refractivity contribution in [2.75, 3.05) is 5.88 Å². The molecule has 1 aromatic carbocycles. The highest BCUT2D eigenvalue weighted by atomic mass is 35.5. The molecule has 1 N–H and O–H groups in total. The largest absolute Gasteiger partial charge is 0.306 e. The molecule has 1 nitrogen and oxygen atoms in total. The minimum Gasteiger partial charge on any atom is -0.306 e. The highest BCUT2D eigenvalue weighted by Gasteiger charge is 2.33. The Kier molecular flexibility index (Phi) is 4.94. The lowest BCUT2D eigenvalue weighted by Gasteiger charge is -2.39. The second-order valence-corrected chi connectivity index (χ2v) is 6.30. The second kappa shape index (κ2) is 6.27. The number of rotatable bonds is 4. The molecule has 1 fully saturated rings. The summed E-state index contributed by atoms with van der Waals surface area (Å²) in [6.07, 6.45) is 4.96. The number of halogens is 2. The van der Waals surface area contributed by atoms with E-state index in [0.717, 1.165) is 17.5 Å². The maximum Gasteiger partial charge on any atom is 0.0409 e. The van der Waals surface area contributed by atoms with Crippen molar-refractivity contribution in [3.05, 3.63) is 34.9 Å². The van der Waals surface area contributed by atoms with Crippen molar-refractivity contribution < 1.29 is 0 Å². The first-order valence-electron chi connectivity index (χ1n) is 6.69. The first-order valence-corrected chi connectivity index (χ1v) is 7.60. The first-order chi connectivity index (χ1) is 8.63. The van der Waals surface area contributed by atoms with E-state index in [4.69, 9.17) is 23.2 Å². The molecular formula is C15H21Cl2N. The number of nitrogens with one attached hydrogen (secondary N) is 1. The first kappa shape index (κ1) is 14.2. The van der Waals surface area contributed by atoms with Gasteiger partial charge in [-0.1, -0.05) is 43.5 Å². The maximum atomic E-state index is 6.21. The summed E-state index contributed by atoms with van der Waals surface area (Å²) in [6.45, 7) is 3.17. The number of benzene rings is 1. The van der Waals surface area contributed by atoms with Crippen LogP contribution < -0.4 is 5.32 Å². The Bertz CT molecular complexity index is 394. The number of hydrogen-bond donors (Lipinski definition) is 1. The highest BCUT2D eigenvalue weighted by molar-refractivity contribution is 6.30. The summed E-state index contributed by atoms with van der Waals surface area (Å²) in [5.74, 6) is 1.46. The molecule has 2 atom stereocenters. The van der Waals surface area contributed by atoms with Crippen LogP contribution in [0.3, 0.4) is 0 Å². The van der Waals surface area contributed by atoms with Gasteiger partial charge in [-0.05, 0) is 36.5 Å². The summed E-state index contributed by atoms with van der Waals surface area (Å²) in [7, 11) is 0. The van der Waals surface area contributed by atoms with Gasteiger partial charge in [0.25, 0.3) is 0 Å². The van der Waals surface area contributed by atoms with Crippen LogP contribution in [0.15, 0.2) is 24.3 Å². The Labute approximate surface area is 120 Å². The molecule has 1 aromatic rings. The smallest absolute Gasteiger partial charge is 0.0409 e. The summed E-state index contributed by atoms with van der Waals surface area (Å²) < 4.78 is 0. The van der Waals surface area contributed by atoms with Gasteiger partial charge < -0.3 is 5.32 Å². The molecule has 2 rings (SSSR count). The Morgan fingerprint density at radius 2 is 2.28 bits per heavy atom. The zero-order chi connectivity index (χ0) is 13.0. The summed E-state index contributed by atoms with van der Waals surface area (Å²) in [4.78, 5) is 0. The van der Waals surface area contributed by atoms with E-state index in [0.29, 0.717) is 5.88 Å². The molecule has 1 aliphatic rings. The molecule has 0 aliphatic heterocycles. The predicted octanol–water partition coefficient (Wildman–Crippen LogP) is 4.62. The molecule has 0 radical (unpaired) electrons. The molecular weight excluding hydrogens is 265 g/mol. The maximum absolute atomic E-state index is 6.21. The topological polar surface area (TPSA) is 12.0 Å². The van der Waals surface area contributed by atoms with Gasteiger partial charge in [0.05, 0.1) is 0 Å². The monoisotopic (exact) mass is 285 g/mol. The predicted molar refractivity (Wildman–Crippen MR) is 79.4 cm³/mol. The molecule has 1 saturated carbocycles. The number of alkyl halides is 1. The van der Waals surface area contributed by atoms with Gasteiger partial charge >= 0.3 is 0 Å². The molecule has 0 spiro atoms. The van der Waals surface area contributed by atoms with Crippen molar-refractivity contribution in [2.45, 2.75) is 44.7 Å².